The van der Waals surface area contributed by atoms with Crippen LogP contribution in [-0.4, -0.2) is 18.5 Å². The number of rotatable bonds is 2. The number of hydrogen-bond donors (Lipinski definition) is 1. The molecule has 16 heavy (non-hydrogen) atoms. The van der Waals surface area contributed by atoms with Crippen molar-refractivity contribution >= 4 is 5.69 Å². The van der Waals surface area contributed by atoms with Crippen molar-refractivity contribution in [3.05, 3.63) is 39.4 Å². The molecule has 1 N–H and O–H groups in total. The van der Waals surface area contributed by atoms with Gasteiger partial charge in [-0.2, -0.15) is 5.26 Å². The van der Waals surface area contributed by atoms with Gasteiger partial charge in [0.25, 0.3) is 5.69 Å². The van der Waals surface area contributed by atoms with Gasteiger partial charge < -0.3 is 5.32 Å². The van der Waals surface area contributed by atoms with E-state index in [2.05, 4.69) is 17.2 Å². The second-order valence-electron chi connectivity index (χ2n) is 2.93. The summed E-state index contributed by atoms with van der Waals surface area (Å²) in [4.78, 5) is 9.95. The minimum atomic E-state index is -0.536. The van der Waals surface area contributed by atoms with Crippen molar-refractivity contribution in [2.24, 2.45) is 0 Å². The highest BCUT2D eigenvalue weighted by Crippen LogP contribution is 2.16. The maximum Gasteiger partial charge on any atom is 0.270 e. The fourth-order valence-electron chi connectivity index (χ4n) is 1.08. The number of nitro benzene ring substituents is 1. The Morgan fingerprint density at radius 1 is 1.50 bits per heavy atom. The molecule has 0 aliphatic carbocycles. The minimum Gasteiger partial charge on any atom is -0.309 e. The van der Waals surface area contributed by atoms with Crippen molar-refractivity contribution < 1.29 is 4.92 Å². The lowest BCUT2D eigenvalue weighted by atomic mass is 10.1. The monoisotopic (exact) mass is 215 g/mol. The summed E-state index contributed by atoms with van der Waals surface area (Å²) in [6.07, 6.45) is 0. The summed E-state index contributed by atoms with van der Waals surface area (Å²) in [6.45, 7) is 0.502. The van der Waals surface area contributed by atoms with E-state index in [0.717, 1.165) is 0 Å². The van der Waals surface area contributed by atoms with Gasteiger partial charge in [-0.25, -0.2) is 0 Å². The van der Waals surface area contributed by atoms with Gasteiger partial charge in [0.2, 0.25) is 0 Å². The first kappa shape index (κ1) is 11.7. The van der Waals surface area contributed by atoms with Gasteiger partial charge in [0, 0.05) is 17.7 Å². The van der Waals surface area contributed by atoms with Crippen LogP contribution in [0.25, 0.3) is 0 Å². The van der Waals surface area contributed by atoms with Crippen LogP contribution in [0, 0.1) is 33.3 Å². The third-order valence-electron chi connectivity index (χ3n) is 1.82. The number of nitrogens with zero attached hydrogens (tertiary/aromatic N) is 2. The van der Waals surface area contributed by atoms with Gasteiger partial charge in [-0.05, 0) is 13.1 Å². The molecule has 0 aliphatic rings. The number of nitrogens with one attached hydrogen (secondary N) is 1. The van der Waals surface area contributed by atoms with Crippen LogP contribution in [0.15, 0.2) is 18.2 Å². The van der Waals surface area contributed by atoms with Crippen LogP contribution in [0.1, 0.15) is 11.1 Å². The third-order valence-corrected chi connectivity index (χ3v) is 1.82. The number of hydrogen-bond acceptors (Lipinski definition) is 4. The first-order valence-electron chi connectivity index (χ1n) is 4.51. The topological polar surface area (TPSA) is 79.0 Å². The maximum atomic E-state index is 10.5. The first-order valence-corrected chi connectivity index (χ1v) is 4.51. The van der Waals surface area contributed by atoms with Crippen LogP contribution >= 0.6 is 0 Å². The standard InChI is InChI=1S/C11H9N3O2/c1-13-6-2-3-9-4-5-11(14(15)16)7-10(9)8-12/h4-5,7,13H,6H2,1H3. The lowest BCUT2D eigenvalue weighted by Gasteiger charge is -1.95. The number of nitriles is 1. The zero-order valence-electron chi connectivity index (χ0n) is 8.65. The summed E-state index contributed by atoms with van der Waals surface area (Å²) in [5.74, 6) is 5.57. The van der Waals surface area contributed by atoms with Crippen molar-refractivity contribution in [3.8, 4) is 17.9 Å². The SMILES string of the molecule is CNCC#Cc1ccc([N+](=O)[O-])cc1C#N. The molecule has 0 aliphatic heterocycles. The minimum absolute atomic E-state index is 0.101. The Bertz CT molecular complexity index is 506. The van der Waals surface area contributed by atoms with Crippen molar-refractivity contribution in [2.45, 2.75) is 0 Å². The summed E-state index contributed by atoms with van der Waals surface area (Å²) in [7, 11) is 1.76. The van der Waals surface area contributed by atoms with E-state index in [1.54, 1.807) is 7.05 Å². The molecule has 5 heteroatoms. The molecule has 0 heterocycles. The Labute approximate surface area is 92.9 Å². The molecular weight excluding hydrogens is 206 g/mol. The Morgan fingerprint density at radius 3 is 2.81 bits per heavy atom. The van der Waals surface area contributed by atoms with E-state index in [1.165, 1.54) is 18.2 Å². The summed E-state index contributed by atoms with van der Waals surface area (Å²) < 4.78 is 0. The molecule has 0 unspecified atom stereocenters. The van der Waals surface area contributed by atoms with Crippen LogP contribution in [0.3, 0.4) is 0 Å². The molecule has 80 valence electrons. The molecule has 0 aromatic heterocycles. The summed E-state index contributed by atoms with van der Waals surface area (Å²) >= 11 is 0. The maximum absolute atomic E-state index is 10.5. The zero-order valence-corrected chi connectivity index (χ0v) is 8.65. The molecule has 0 saturated heterocycles. The predicted octanol–water partition coefficient (Wildman–Crippen LogP) is 1.04. The molecule has 0 radical (unpaired) electrons. The molecule has 1 aromatic rings. The second kappa shape index (κ2) is 5.50. The molecule has 0 fully saturated rings. The lowest BCUT2D eigenvalue weighted by molar-refractivity contribution is -0.384. The van der Waals surface area contributed by atoms with Gasteiger partial charge >= 0.3 is 0 Å². The Balaban J connectivity index is 3.10. The molecule has 0 bridgehead atoms. The summed E-state index contributed by atoms with van der Waals surface area (Å²) in [5, 5.41) is 22.2. The average molecular weight is 215 g/mol. The van der Waals surface area contributed by atoms with Crippen molar-refractivity contribution in [1.82, 2.24) is 5.32 Å². The van der Waals surface area contributed by atoms with Gasteiger partial charge in [-0.1, -0.05) is 11.8 Å². The number of benzene rings is 1. The van der Waals surface area contributed by atoms with Crippen molar-refractivity contribution in [3.63, 3.8) is 0 Å². The predicted molar refractivity (Wildman–Crippen MR) is 58.6 cm³/mol. The highest BCUT2D eigenvalue weighted by molar-refractivity contribution is 5.53. The smallest absolute Gasteiger partial charge is 0.270 e. The van der Waals surface area contributed by atoms with Gasteiger partial charge in [-0.3, -0.25) is 10.1 Å². The molecule has 0 atom stereocenters. The summed E-state index contributed by atoms with van der Waals surface area (Å²) in [5.41, 5.74) is 0.622. The van der Waals surface area contributed by atoms with Crippen molar-refractivity contribution in [2.75, 3.05) is 13.6 Å². The molecule has 0 amide bonds. The van der Waals surface area contributed by atoms with E-state index in [4.69, 9.17) is 5.26 Å². The Morgan fingerprint density at radius 2 is 2.25 bits per heavy atom. The van der Waals surface area contributed by atoms with Gasteiger partial charge in [0.15, 0.2) is 0 Å². The van der Waals surface area contributed by atoms with E-state index in [-0.39, 0.29) is 11.3 Å². The number of nitro groups is 1. The largest absolute Gasteiger partial charge is 0.309 e. The van der Waals surface area contributed by atoms with Crippen molar-refractivity contribution in [1.29, 1.82) is 5.26 Å². The normalized spacial score (nSPS) is 8.75. The van der Waals surface area contributed by atoms with E-state index in [9.17, 15) is 10.1 Å². The second-order valence-corrected chi connectivity index (χ2v) is 2.93. The van der Waals surface area contributed by atoms with E-state index in [0.29, 0.717) is 12.1 Å². The molecular formula is C11H9N3O2. The molecule has 1 aromatic carbocycles. The van der Waals surface area contributed by atoms with Gasteiger partial charge in [0.1, 0.15) is 6.07 Å². The van der Waals surface area contributed by atoms with Crippen LogP contribution in [0.4, 0.5) is 5.69 Å². The van der Waals surface area contributed by atoms with E-state index >= 15 is 0 Å². The molecule has 1 rings (SSSR count). The lowest BCUT2D eigenvalue weighted by Crippen LogP contribution is -2.04. The molecule has 5 nitrogen and oxygen atoms in total. The average Bonchev–Trinajstić information content (AvgIpc) is 2.29. The van der Waals surface area contributed by atoms with E-state index in [1.807, 2.05) is 6.07 Å². The van der Waals surface area contributed by atoms with Crippen LogP contribution < -0.4 is 5.32 Å². The highest BCUT2D eigenvalue weighted by atomic mass is 16.6. The Kier molecular flexibility index (Phi) is 4.02. The quantitative estimate of drug-likeness (QED) is 0.454. The zero-order chi connectivity index (χ0) is 12.0. The highest BCUT2D eigenvalue weighted by Gasteiger charge is 2.08. The Hall–Kier alpha value is -2.37. The van der Waals surface area contributed by atoms with Crippen LogP contribution in [-0.2, 0) is 0 Å². The number of non-ortho nitro benzene ring substituents is 1. The first-order chi connectivity index (χ1) is 7.69. The molecule has 0 saturated carbocycles. The van der Waals surface area contributed by atoms with E-state index < -0.39 is 4.92 Å². The van der Waals surface area contributed by atoms with Crippen LogP contribution in [0.5, 0.6) is 0 Å². The fraction of sp³-hybridized carbons (Fsp3) is 0.182. The van der Waals surface area contributed by atoms with Crippen LogP contribution in [0.2, 0.25) is 0 Å². The summed E-state index contributed by atoms with van der Waals surface area (Å²) in [6, 6.07) is 5.94. The fourth-order valence-corrected chi connectivity index (χ4v) is 1.08. The molecule has 0 spiro atoms. The van der Waals surface area contributed by atoms with Gasteiger partial charge in [0.05, 0.1) is 17.0 Å². The third kappa shape index (κ3) is 2.81. The van der Waals surface area contributed by atoms with Gasteiger partial charge in [-0.15, -0.1) is 0 Å².